The summed E-state index contributed by atoms with van der Waals surface area (Å²) in [7, 11) is 0. The summed E-state index contributed by atoms with van der Waals surface area (Å²) in [5.74, 6) is 0.181. The molecule has 0 heterocycles. The van der Waals surface area contributed by atoms with Crippen molar-refractivity contribution in [1.29, 1.82) is 0 Å². The summed E-state index contributed by atoms with van der Waals surface area (Å²) in [5.41, 5.74) is 3.47. The zero-order valence-electron chi connectivity index (χ0n) is 15.3. The molecule has 0 atom stereocenters. The van der Waals surface area contributed by atoms with Crippen LogP contribution >= 0.6 is 0 Å². The van der Waals surface area contributed by atoms with Crippen molar-refractivity contribution in [3.05, 3.63) is 65.2 Å². The first-order chi connectivity index (χ1) is 12.6. The Labute approximate surface area is 155 Å². The van der Waals surface area contributed by atoms with E-state index < -0.39 is 0 Å². The monoisotopic (exact) mass is 350 g/mol. The number of aryl methyl sites for hydroxylation is 1. The molecule has 1 aliphatic rings. The lowest BCUT2D eigenvalue weighted by atomic mass is 9.88. The molecule has 0 aliphatic heterocycles. The fourth-order valence-corrected chi connectivity index (χ4v) is 3.37. The topological polar surface area (TPSA) is 58.2 Å². The third kappa shape index (κ3) is 4.94. The van der Waals surface area contributed by atoms with E-state index >= 15 is 0 Å². The van der Waals surface area contributed by atoms with Crippen LogP contribution in [-0.4, -0.2) is 11.8 Å². The van der Waals surface area contributed by atoms with Gasteiger partial charge in [-0.2, -0.15) is 0 Å². The van der Waals surface area contributed by atoms with Gasteiger partial charge in [-0.25, -0.2) is 0 Å². The maximum Gasteiger partial charge on any atom is 0.255 e. The van der Waals surface area contributed by atoms with Gasteiger partial charge in [0, 0.05) is 23.7 Å². The summed E-state index contributed by atoms with van der Waals surface area (Å²) in [6.45, 7) is 2.48. The quantitative estimate of drug-likeness (QED) is 0.837. The van der Waals surface area contributed by atoms with E-state index in [9.17, 15) is 9.59 Å². The average Bonchev–Trinajstić information content (AvgIpc) is 2.67. The number of amides is 2. The molecule has 1 aliphatic carbocycles. The zero-order valence-corrected chi connectivity index (χ0v) is 15.3. The number of benzene rings is 2. The Kier molecular flexibility index (Phi) is 6.05. The highest BCUT2D eigenvalue weighted by molar-refractivity contribution is 6.04. The molecule has 2 N–H and O–H groups in total. The third-order valence-corrected chi connectivity index (χ3v) is 4.94. The Bertz CT molecular complexity index is 762. The van der Waals surface area contributed by atoms with Gasteiger partial charge in [0.05, 0.1) is 0 Å². The number of carbonyl (C=O) groups is 2. The molecule has 0 bridgehead atoms. The molecule has 2 aromatic rings. The van der Waals surface area contributed by atoms with Gasteiger partial charge in [0.2, 0.25) is 5.91 Å². The van der Waals surface area contributed by atoms with E-state index in [1.54, 1.807) is 0 Å². The molecule has 0 aromatic heterocycles. The minimum Gasteiger partial charge on any atom is -0.352 e. The Morgan fingerprint density at radius 1 is 1.00 bits per heavy atom. The van der Waals surface area contributed by atoms with E-state index in [0.717, 1.165) is 42.5 Å². The van der Waals surface area contributed by atoms with Gasteiger partial charge in [0.15, 0.2) is 0 Å². The van der Waals surface area contributed by atoms with E-state index in [1.807, 2.05) is 55.5 Å². The highest BCUT2D eigenvalue weighted by Gasteiger charge is 2.20. The van der Waals surface area contributed by atoms with Crippen LogP contribution in [0, 0.1) is 12.8 Å². The molecule has 4 heteroatoms. The number of carbonyl (C=O) groups excluding carboxylic acids is 2. The van der Waals surface area contributed by atoms with Crippen LogP contribution in [0.4, 0.5) is 5.69 Å². The zero-order chi connectivity index (χ0) is 18.4. The van der Waals surface area contributed by atoms with Crippen molar-refractivity contribution in [2.75, 3.05) is 5.32 Å². The molecule has 0 spiro atoms. The van der Waals surface area contributed by atoms with Crippen LogP contribution in [0.3, 0.4) is 0 Å². The number of nitrogens with one attached hydrogen (secondary N) is 2. The predicted molar refractivity (Wildman–Crippen MR) is 104 cm³/mol. The summed E-state index contributed by atoms with van der Waals surface area (Å²) in [6.07, 6.45) is 5.54. The minimum atomic E-state index is -0.131. The van der Waals surface area contributed by atoms with Crippen LogP contribution < -0.4 is 10.6 Å². The molecule has 0 unspecified atom stereocenters. The van der Waals surface area contributed by atoms with Crippen LogP contribution in [0.25, 0.3) is 0 Å². The normalized spacial score (nSPS) is 14.7. The second-order valence-electron chi connectivity index (χ2n) is 7.07. The van der Waals surface area contributed by atoms with Gasteiger partial charge in [0.25, 0.3) is 5.91 Å². The van der Waals surface area contributed by atoms with Gasteiger partial charge in [0.1, 0.15) is 0 Å². The first-order valence-corrected chi connectivity index (χ1v) is 9.36. The molecule has 2 amide bonds. The first kappa shape index (κ1) is 18.2. The lowest BCUT2D eigenvalue weighted by Crippen LogP contribution is -2.31. The Balaban J connectivity index is 1.56. The van der Waals surface area contributed by atoms with Gasteiger partial charge in [-0.1, -0.05) is 49.1 Å². The van der Waals surface area contributed by atoms with Crippen molar-refractivity contribution in [2.24, 2.45) is 5.92 Å². The molecular formula is C22H26N2O2. The largest absolute Gasteiger partial charge is 0.352 e. The maximum atomic E-state index is 12.3. The lowest BCUT2D eigenvalue weighted by Gasteiger charge is -2.20. The van der Waals surface area contributed by atoms with Crippen molar-refractivity contribution >= 4 is 17.5 Å². The molecular weight excluding hydrogens is 324 g/mol. The molecule has 4 nitrogen and oxygen atoms in total. The molecule has 3 rings (SSSR count). The molecule has 0 radical (unpaired) electrons. The number of anilines is 1. The van der Waals surface area contributed by atoms with Crippen LogP contribution in [0.1, 0.15) is 53.6 Å². The van der Waals surface area contributed by atoms with E-state index in [-0.39, 0.29) is 17.7 Å². The molecule has 1 fully saturated rings. The van der Waals surface area contributed by atoms with Gasteiger partial charge >= 0.3 is 0 Å². The van der Waals surface area contributed by atoms with Crippen molar-refractivity contribution in [3.8, 4) is 0 Å². The van der Waals surface area contributed by atoms with E-state index in [1.165, 1.54) is 6.42 Å². The second-order valence-corrected chi connectivity index (χ2v) is 7.07. The molecule has 0 saturated heterocycles. The molecule has 2 aromatic carbocycles. The average molecular weight is 350 g/mol. The molecule has 1 saturated carbocycles. The fourth-order valence-electron chi connectivity index (χ4n) is 3.37. The summed E-state index contributed by atoms with van der Waals surface area (Å²) in [4.78, 5) is 24.6. The summed E-state index contributed by atoms with van der Waals surface area (Å²) in [5, 5.41) is 5.95. The van der Waals surface area contributed by atoms with E-state index in [4.69, 9.17) is 0 Å². The lowest BCUT2D eigenvalue weighted by molar-refractivity contribution is -0.126. The maximum absolute atomic E-state index is 12.3. The highest BCUT2D eigenvalue weighted by atomic mass is 16.2. The summed E-state index contributed by atoms with van der Waals surface area (Å²) >= 11 is 0. The standard InChI is InChI=1S/C22H26N2O2/c1-16-10-12-19(13-11-16)22(26)24-20-9-5-6-17(14-20)15-23-21(25)18-7-3-2-4-8-18/h5-6,9-14,18H,2-4,7-8,15H2,1H3,(H,23,25)(H,24,26). The van der Waals surface area contributed by atoms with E-state index in [0.29, 0.717) is 12.1 Å². The first-order valence-electron chi connectivity index (χ1n) is 9.36. The van der Waals surface area contributed by atoms with Crippen LogP contribution in [0.15, 0.2) is 48.5 Å². The van der Waals surface area contributed by atoms with Gasteiger partial charge < -0.3 is 10.6 Å². The predicted octanol–water partition coefficient (Wildman–Crippen LogP) is 4.44. The van der Waals surface area contributed by atoms with Crippen LogP contribution in [0.2, 0.25) is 0 Å². The van der Waals surface area contributed by atoms with Crippen LogP contribution in [-0.2, 0) is 11.3 Å². The van der Waals surface area contributed by atoms with Gasteiger partial charge in [-0.15, -0.1) is 0 Å². The number of hydrogen-bond donors (Lipinski definition) is 2. The van der Waals surface area contributed by atoms with Crippen molar-refractivity contribution in [1.82, 2.24) is 5.32 Å². The molecule has 26 heavy (non-hydrogen) atoms. The summed E-state index contributed by atoms with van der Waals surface area (Å²) in [6, 6.07) is 15.1. The van der Waals surface area contributed by atoms with E-state index in [2.05, 4.69) is 10.6 Å². The SMILES string of the molecule is Cc1ccc(C(=O)Nc2cccc(CNC(=O)C3CCCCC3)c2)cc1. The highest BCUT2D eigenvalue weighted by Crippen LogP contribution is 2.23. The van der Waals surface area contributed by atoms with Crippen LogP contribution in [0.5, 0.6) is 0 Å². The minimum absolute atomic E-state index is 0.131. The fraction of sp³-hybridized carbons (Fsp3) is 0.364. The number of hydrogen-bond acceptors (Lipinski definition) is 2. The Hall–Kier alpha value is -2.62. The Morgan fingerprint density at radius 2 is 1.73 bits per heavy atom. The number of rotatable bonds is 5. The Morgan fingerprint density at radius 3 is 2.46 bits per heavy atom. The second kappa shape index (κ2) is 8.65. The third-order valence-electron chi connectivity index (χ3n) is 4.94. The summed E-state index contributed by atoms with van der Waals surface area (Å²) < 4.78 is 0. The smallest absolute Gasteiger partial charge is 0.255 e. The van der Waals surface area contributed by atoms with Gasteiger partial charge in [-0.3, -0.25) is 9.59 Å². The van der Waals surface area contributed by atoms with Crippen molar-refractivity contribution < 1.29 is 9.59 Å². The van der Waals surface area contributed by atoms with Crippen molar-refractivity contribution in [2.45, 2.75) is 45.6 Å². The van der Waals surface area contributed by atoms with Gasteiger partial charge in [-0.05, 0) is 49.6 Å². The van der Waals surface area contributed by atoms with Crippen molar-refractivity contribution in [3.63, 3.8) is 0 Å². The molecule has 136 valence electrons.